The van der Waals surface area contributed by atoms with Crippen molar-refractivity contribution in [1.29, 1.82) is 0 Å². The summed E-state index contributed by atoms with van der Waals surface area (Å²) in [7, 11) is 1.21. The molecule has 0 saturated carbocycles. The monoisotopic (exact) mass is 216 g/mol. The van der Waals surface area contributed by atoms with E-state index in [1.165, 1.54) is 19.3 Å². The summed E-state index contributed by atoms with van der Waals surface area (Å²) in [4.78, 5) is 21.6. The first kappa shape index (κ1) is 13.5. The van der Waals surface area contributed by atoms with Gasteiger partial charge in [-0.05, 0) is 26.8 Å². The summed E-state index contributed by atoms with van der Waals surface area (Å²) in [6.07, 6.45) is 1.79. The summed E-state index contributed by atoms with van der Waals surface area (Å²) in [5.74, 6) is -0.476. The first-order chi connectivity index (χ1) is 6.85. The van der Waals surface area contributed by atoms with Crippen LogP contribution in [0.5, 0.6) is 0 Å². The molecule has 0 aromatic heterocycles. The molecule has 0 N–H and O–H groups in total. The normalized spacial score (nSPS) is 11.2. The van der Waals surface area contributed by atoms with Gasteiger partial charge in [0, 0.05) is 6.08 Å². The lowest BCUT2D eigenvalue weighted by atomic mass is 10.2. The topological polar surface area (TPSA) is 61.8 Å². The second-order valence-corrected chi connectivity index (χ2v) is 3.70. The average Bonchev–Trinajstić information content (AvgIpc) is 2.09. The fourth-order valence-corrected chi connectivity index (χ4v) is 0.655. The number of esters is 1. The maximum absolute atomic E-state index is 11.1. The standard InChI is InChI=1S/C10H16O5/c1-10(2,3)15-8(11)6-5-7-14-9(12)13-4/h5-6H,7H2,1-4H3/b6-5+. The van der Waals surface area contributed by atoms with E-state index in [1.807, 2.05) is 0 Å². The molecule has 0 atom stereocenters. The highest BCUT2D eigenvalue weighted by Crippen LogP contribution is 2.06. The summed E-state index contributed by atoms with van der Waals surface area (Å²) in [5, 5.41) is 0. The van der Waals surface area contributed by atoms with Gasteiger partial charge in [-0.1, -0.05) is 0 Å². The van der Waals surface area contributed by atoms with E-state index in [4.69, 9.17) is 4.74 Å². The van der Waals surface area contributed by atoms with Crippen molar-refractivity contribution in [3.63, 3.8) is 0 Å². The van der Waals surface area contributed by atoms with Crippen LogP contribution in [-0.2, 0) is 19.0 Å². The molecule has 0 heterocycles. The Hall–Kier alpha value is -1.52. The average molecular weight is 216 g/mol. The van der Waals surface area contributed by atoms with Gasteiger partial charge in [-0.3, -0.25) is 0 Å². The Morgan fingerprint density at radius 2 is 1.87 bits per heavy atom. The van der Waals surface area contributed by atoms with E-state index < -0.39 is 17.7 Å². The second kappa shape index (κ2) is 6.06. The molecule has 0 spiro atoms. The number of methoxy groups -OCH3 is 1. The Bertz CT molecular complexity index is 249. The molecule has 0 aliphatic heterocycles. The zero-order chi connectivity index (χ0) is 11.9. The van der Waals surface area contributed by atoms with Gasteiger partial charge in [0.15, 0.2) is 0 Å². The second-order valence-electron chi connectivity index (χ2n) is 3.70. The van der Waals surface area contributed by atoms with Crippen LogP contribution in [0, 0.1) is 0 Å². The summed E-state index contributed by atoms with van der Waals surface area (Å²) in [5.41, 5.74) is -0.523. The molecule has 0 fully saturated rings. The van der Waals surface area contributed by atoms with Crippen LogP contribution in [0.3, 0.4) is 0 Å². The molecule has 0 aliphatic rings. The molecular formula is C10H16O5. The van der Waals surface area contributed by atoms with Crippen molar-refractivity contribution in [2.45, 2.75) is 26.4 Å². The molecular weight excluding hydrogens is 200 g/mol. The van der Waals surface area contributed by atoms with Crippen LogP contribution in [0.2, 0.25) is 0 Å². The maximum Gasteiger partial charge on any atom is 0.508 e. The van der Waals surface area contributed by atoms with E-state index in [9.17, 15) is 9.59 Å². The van der Waals surface area contributed by atoms with Gasteiger partial charge in [0.2, 0.25) is 0 Å². The third kappa shape index (κ3) is 8.80. The van der Waals surface area contributed by atoms with Gasteiger partial charge < -0.3 is 14.2 Å². The molecule has 0 aromatic rings. The molecule has 5 nitrogen and oxygen atoms in total. The Kier molecular flexibility index (Phi) is 5.44. The number of carbonyl (C=O) groups excluding carboxylic acids is 2. The predicted molar refractivity (Wildman–Crippen MR) is 53.3 cm³/mol. The highest BCUT2D eigenvalue weighted by atomic mass is 16.7. The number of hydrogen-bond donors (Lipinski definition) is 0. The van der Waals surface area contributed by atoms with Gasteiger partial charge in [-0.2, -0.15) is 0 Å². The molecule has 86 valence electrons. The third-order valence-corrected chi connectivity index (χ3v) is 1.12. The number of carbonyl (C=O) groups is 2. The smallest absolute Gasteiger partial charge is 0.457 e. The van der Waals surface area contributed by atoms with Crippen molar-refractivity contribution >= 4 is 12.1 Å². The summed E-state index contributed by atoms with van der Waals surface area (Å²) >= 11 is 0. The molecule has 0 amide bonds. The van der Waals surface area contributed by atoms with E-state index in [2.05, 4.69) is 9.47 Å². The zero-order valence-corrected chi connectivity index (χ0v) is 9.40. The quantitative estimate of drug-likeness (QED) is 0.530. The number of ether oxygens (including phenoxy) is 3. The Morgan fingerprint density at radius 1 is 1.27 bits per heavy atom. The van der Waals surface area contributed by atoms with Crippen molar-refractivity contribution in [1.82, 2.24) is 0 Å². The molecule has 0 bridgehead atoms. The van der Waals surface area contributed by atoms with Crippen LogP contribution in [0.25, 0.3) is 0 Å². The molecule has 5 heteroatoms. The van der Waals surface area contributed by atoms with Crippen molar-refractivity contribution in [3.8, 4) is 0 Å². The van der Waals surface area contributed by atoms with Crippen LogP contribution in [0.1, 0.15) is 20.8 Å². The Morgan fingerprint density at radius 3 is 2.33 bits per heavy atom. The van der Waals surface area contributed by atoms with Crippen molar-refractivity contribution in [2.24, 2.45) is 0 Å². The van der Waals surface area contributed by atoms with Crippen LogP contribution >= 0.6 is 0 Å². The fraction of sp³-hybridized carbons (Fsp3) is 0.600. The highest BCUT2D eigenvalue weighted by molar-refractivity contribution is 5.82. The largest absolute Gasteiger partial charge is 0.508 e. The SMILES string of the molecule is COC(=O)OC/C=C/C(=O)OC(C)(C)C. The van der Waals surface area contributed by atoms with Crippen LogP contribution in [0.4, 0.5) is 4.79 Å². The van der Waals surface area contributed by atoms with Crippen LogP contribution in [-0.4, -0.2) is 31.4 Å². The number of hydrogen-bond acceptors (Lipinski definition) is 5. The van der Waals surface area contributed by atoms with E-state index in [-0.39, 0.29) is 6.61 Å². The van der Waals surface area contributed by atoms with E-state index in [0.717, 1.165) is 0 Å². The minimum Gasteiger partial charge on any atom is -0.457 e. The summed E-state index contributed by atoms with van der Waals surface area (Å²) in [6.45, 7) is 5.28. The van der Waals surface area contributed by atoms with E-state index in [0.29, 0.717) is 0 Å². The molecule has 0 aliphatic carbocycles. The summed E-state index contributed by atoms with van der Waals surface area (Å²) in [6, 6.07) is 0. The molecule has 0 radical (unpaired) electrons. The molecule has 0 unspecified atom stereocenters. The highest BCUT2D eigenvalue weighted by Gasteiger charge is 2.13. The third-order valence-electron chi connectivity index (χ3n) is 1.12. The molecule has 0 saturated heterocycles. The van der Waals surface area contributed by atoms with Crippen molar-refractivity contribution in [3.05, 3.63) is 12.2 Å². The van der Waals surface area contributed by atoms with Gasteiger partial charge in [0.25, 0.3) is 0 Å². The molecule has 0 rings (SSSR count). The predicted octanol–water partition coefficient (Wildman–Crippen LogP) is 1.67. The van der Waals surface area contributed by atoms with Crippen LogP contribution < -0.4 is 0 Å². The van der Waals surface area contributed by atoms with Crippen molar-refractivity contribution < 1.29 is 23.8 Å². The minimum absolute atomic E-state index is 0.0219. The van der Waals surface area contributed by atoms with E-state index in [1.54, 1.807) is 20.8 Å². The molecule has 0 aromatic carbocycles. The van der Waals surface area contributed by atoms with Gasteiger partial charge >= 0.3 is 12.1 Å². The first-order valence-corrected chi connectivity index (χ1v) is 4.45. The first-order valence-electron chi connectivity index (χ1n) is 4.45. The van der Waals surface area contributed by atoms with E-state index >= 15 is 0 Å². The van der Waals surface area contributed by atoms with Gasteiger partial charge in [0.1, 0.15) is 12.2 Å². The lowest BCUT2D eigenvalue weighted by Crippen LogP contribution is -2.22. The van der Waals surface area contributed by atoms with Gasteiger partial charge in [-0.25, -0.2) is 9.59 Å². The van der Waals surface area contributed by atoms with Gasteiger partial charge in [-0.15, -0.1) is 0 Å². The zero-order valence-electron chi connectivity index (χ0n) is 9.40. The van der Waals surface area contributed by atoms with Gasteiger partial charge in [0.05, 0.1) is 7.11 Å². The minimum atomic E-state index is -0.788. The Labute approximate surface area is 89.0 Å². The summed E-state index contributed by atoms with van der Waals surface area (Å²) < 4.78 is 13.7. The molecule has 15 heavy (non-hydrogen) atoms. The van der Waals surface area contributed by atoms with Crippen LogP contribution in [0.15, 0.2) is 12.2 Å². The maximum atomic E-state index is 11.1. The fourth-order valence-electron chi connectivity index (χ4n) is 0.655. The Balaban J connectivity index is 3.78. The number of rotatable bonds is 3. The lowest BCUT2D eigenvalue weighted by molar-refractivity contribution is -0.148. The lowest BCUT2D eigenvalue weighted by Gasteiger charge is -2.17. The van der Waals surface area contributed by atoms with Crippen molar-refractivity contribution in [2.75, 3.05) is 13.7 Å².